The molecule has 168 valence electrons. The van der Waals surface area contributed by atoms with Crippen LogP contribution in [0.4, 0.5) is 4.39 Å². The molecule has 4 rings (SSSR count). The summed E-state index contributed by atoms with van der Waals surface area (Å²) in [7, 11) is 0. The van der Waals surface area contributed by atoms with Gasteiger partial charge in [-0.15, -0.1) is 0 Å². The topological polar surface area (TPSA) is 56.6 Å². The average molecular weight is 444 g/mol. The van der Waals surface area contributed by atoms with Crippen molar-refractivity contribution >= 4 is 5.91 Å². The molecule has 0 radical (unpaired) electrons. The molecular formula is C27H26FN3O2. The number of nitrogens with zero attached hydrogens (tertiary/aromatic N) is 3. The highest BCUT2D eigenvalue weighted by Gasteiger charge is 2.18. The Morgan fingerprint density at radius 3 is 2.36 bits per heavy atom. The summed E-state index contributed by atoms with van der Waals surface area (Å²) < 4.78 is 19.2. The highest BCUT2D eigenvalue weighted by molar-refractivity contribution is 5.94. The third-order valence-corrected chi connectivity index (χ3v) is 5.69. The van der Waals surface area contributed by atoms with Crippen LogP contribution in [0.5, 0.6) is 0 Å². The summed E-state index contributed by atoms with van der Waals surface area (Å²) in [6.07, 6.45) is 0. The van der Waals surface area contributed by atoms with Gasteiger partial charge in [0, 0.05) is 38.3 Å². The first-order valence-electron chi connectivity index (χ1n) is 11.0. The molecule has 6 heteroatoms. The third kappa shape index (κ3) is 6.26. The number of nitriles is 1. The van der Waals surface area contributed by atoms with Crippen LogP contribution in [0.3, 0.4) is 0 Å². The van der Waals surface area contributed by atoms with Gasteiger partial charge >= 0.3 is 0 Å². The predicted molar refractivity (Wildman–Crippen MR) is 124 cm³/mol. The lowest BCUT2D eigenvalue weighted by Gasteiger charge is -2.27. The zero-order valence-corrected chi connectivity index (χ0v) is 18.4. The zero-order chi connectivity index (χ0) is 23.0. The van der Waals surface area contributed by atoms with Gasteiger partial charge in [0.2, 0.25) is 0 Å². The standard InChI is InChI=1S/C27H26FN3O2/c28-26-6-2-4-24(16-26)20-31(19-22-9-7-21(17-29)8-10-22)27(32)25-5-1-3-23(15-25)18-30-11-13-33-14-12-30/h1-10,15-16H,11-14,18-20H2. The number of ether oxygens (including phenoxy) is 1. The van der Waals surface area contributed by atoms with E-state index in [0.29, 0.717) is 17.7 Å². The van der Waals surface area contributed by atoms with Crippen LogP contribution in [0.1, 0.15) is 32.6 Å². The summed E-state index contributed by atoms with van der Waals surface area (Å²) in [6, 6.07) is 23.3. The first kappa shape index (κ1) is 22.7. The fraction of sp³-hybridized carbons (Fsp3) is 0.259. The largest absolute Gasteiger partial charge is 0.379 e. The number of amides is 1. The zero-order valence-electron chi connectivity index (χ0n) is 18.4. The second-order valence-electron chi connectivity index (χ2n) is 8.19. The third-order valence-electron chi connectivity index (χ3n) is 5.69. The molecule has 3 aromatic rings. The molecule has 1 heterocycles. The van der Waals surface area contributed by atoms with Crippen molar-refractivity contribution in [2.45, 2.75) is 19.6 Å². The average Bonchev–Trinajstić information content (AvgIpc) is 2.84. The maximum atomic E-state index is 13.8. The molecule has 0 bridgehead atoms. The van der Waals surface area contributed by atoms with Gasteiger partial charge in [-0.05, 0) is 53.1 Å². The molecule has 1 aliphatic rings. The van der Waals surface area contributed by atoms with Gasteiger partial charge < -0.3 is 9.64 Å². The lowest BCUT2D eigenvalue weighted by molar-refractivity contribution is 0.0341. The van der Waals surface area contributed by atoms with Crippen molar-refractivity contribution in [3.8, 4) is 6.07 Å². The molecule has 5 nitrogen and oxygen atoms in total. The quantitative estimate of drug-likeness (QED) is 0.544. The number of rotatable bonds is 7. The van der Waals surface area contributed by atoms with E-state index in [0.717, 1.165) is 49.5 Å². The highest BCUT2D eigenvalue weighted by atomic mass is 19.1. The van der Waals surface area contributed by atoms with Crippen LogP contribution >= 0.6 is 0 Å². The van der Waals surface area contributed by atoms with E-state index in [1.807, 2.05) is 42.5 Å². The Kier molecular flexibility index (Phi) is 7.46. The number of carbonyl (C=O) groups is 1. The van der Waals surface area contributed by atoms with Crippen molar-refractivity contribution in [3.05, 3.63) is 106 Å². The monoisotopic (exact) mass is 443 g/mol. The molecule has 0 N–H and O–H groups in total. The van der Waals surface area contributed by atoms with Gasteiger partial charge in [0.25, 0.3) is 5.91 Å². The minimum Gasteiger partial charge on any atom is -0.379 e. The molecule has 33 heavy (non-hydrogen) atoms. The molecule has 0 unspecified atom stereocenters. The van der Waals surface area contributed by atoms with Crippen LogP contribution in [-0.2, 0) is 24.4 Å². The number of morpholine rings is 1. The van der Waals surface area contributed by atoms with Gasteiger partial charge in [0.15, 0.2) is 0 Å². The van der Waals surface area contributed by atoms with Gasteiger partial charge in [0.05, 0.1) is 24.8 Å². The Morgan fingerprint density at radius 2 is 1.64 bits per heavy atom. The van der Waals surface area contributed by atoms with Gasteiger partial charge in [0.1, 0.15) is 5.82 Å². The molecule has 3 aromatic carbocycles. The van der Waals surface area contributed by atoms with Crippen molar-refractivity contribution in [1.29, 1.82) is 5.26 Å². The van der Waals surface area contributed by atoms with Gasteiger partial charge in [-0.2, -0.15) is 5.26 Å². The number of halogens is 1. The molecule has 1 saturated heterocycles. The molecule has 1 amide bonds. The number of carbonyl (C=O) groups excluding carboxylic acids is 1. The predicted octanol–water partition coefficient (Wildman–Crippen LogP) is 4.37. The summed E-state index contributed by atoms with van der Waals surface area (Å²) in [4.78, 5) is 17.6. The smallest absolute Gasteiger partial charge is 0.254 e. The first-order chi connectivity index (χ1) is 16.1. The van der Waals surface area contributed by atoms with Crippen LogP contribution in [0.25, 0.3) is 0 Å². The summed E-state index contributed by atoms with van der Waals surface area (Å²) in [6.45, 7) is 4.61. The Labute approximate surface area is 193 Å². The number of benzene rings is 3. The fourth-order valence-electron chi connectivity index (χ4n) is 3.96. The Hall–Kier alpha value is -3.53. The van der Waals surface area contributed by atoms with Crippen LogP contribution in [0, 0.1) is 17.1 Å². The maximum Gasteiger partial charge on any atom is 0.254 e. The SMILES string of the molecule is N#Cc1ccc(CN(Cc2cccc(F)c2)C(=O)c2cccc(CN3CCOCC3)c2)cc1. The van der Waals surface area contributed by atoms with Crippen molar-refractivity contribution in [2.24, 2.45) is 0 Å². The highest BCUT2D eigenvalue weighted by Crippen LogP contribution is 2.18. The summed E-state index contributed by atoms with van der Waals surface area (Å²) >= 11 is 0. The van der Waals surface area contributed by atoms with Crippen molar-refractivity contribution < 1.29 is 13.9 Å². The molecule has 0 aromatic heterocycles. The van der Waals surface area contributed by atoms with Gasteiger partial charge in [-0.25, -0.2) is 4.39 Å². The van der Waals surface area contributed by atoms with Crippen molar-refractivity contribution in [3.63, 3.8) is 0 Å². The van der Waals surface area contributed by atoms with E-state index in [1.165, 1.54) is 12.1 Å². The van der Waals surface area contributed by atoms with E-state index in [-0.39, 0.29) is 18.3 Å². The van der Waals surface area contributed by atoms with E-state index in [1.54, 1.807) is 23.1 Å². The van der Waals surface area contributed by atoms with Gasteiger partial charge in [-0.3, -0.25) is 9.69 Å². The molecule has 0 saturated carbocycles. The summed E-state index contributed by atoms with van der Waals surface area (Å²) in [5.74, 6) is -0.446. The van der Waals surface area contributed by atoms with Crippen LogP contribution in [0.15, 0.2) is 72.8 Å². The normalized spacial score (nSPS) is 13.9. The van der Waals surface area contributed by atoms with E-state index in [2.05, 4.69) is 11.0 Å². The van der Waals surface area contributed by atoms with E-state index in [9.17, 15) is 9.18 Å². The Bertz CT molecular complexity index is 1130. The van der Waals surface area contributed by atoms with Crippen molar-refractivity contribution in [1.82, 2.24) is 9.80 Å². The molecule has 1 fully saturated rings. The second kappa shape index (κ2) is 10.9. The van der Waals surface area contributed by atoms with Crippen LogP contribution < -0.4 is 0 Å². The first-order valence-corrected chi connectivity index (χ1v) is 11.0. The minimum absolute atomic E-state index is 0.118. The summed E-state index contributed by atoms with van der Waals surface area (Å²) in [5, 5.41) is 9.05. The molecule has 0 atom stereocenters. The molecule has 1 aliphatic heterocycles. The Balaban J connectivity index is 1.56. The fourth-order valence-corrected chi connectivity index (χ4v) is 3.96. The minimum atomic E-state index is -0.328. The van der Waals surface area contributed by atoms with E-state index >= 15 is 0 Å². The molecule has 0 aliphatic carbocycles. The lowest BCUT2D eigenvalue weighted by Crippen LogP contribution is -2.35. The van der Waals surface area contributed by atoms with E-state index in [4.69, 9.17) is 10.00 Å². The molecular weight excluding hydrogens is 417 g/mol. The van der Waals surface area contributed by atoms with Gasteiger partial charge in [-0.1, -0.05) is 36.4 Å². The maximum absolute atomic E-state index is 13.8. The van der Waals surface area contributed by atoms with Crippen molar-refractivity contribution in [2.75, 3.05) is 26.3 Å². The number of hydrogen-bond donors (Lipinski definition) is 0. The second-order valence-corrected chi connectivity index (χ2v) is 8.19. The van der Waals surface area contributed by atoms with Crippen LogP contribution in [0.2, 0.25) is 0 Å². The van der Waals surface area contributed by atoms with E-state index < -0.39 is 0 Å². The number of hydrogen-bond acceptors (Lipinski definition) is 4. The molecule has 0 spiro atoms. The lowest BCUT2D eigenvalue weighted by atomic mass is 10.1. The Morgan fingerprint density at radius 1 is 0.939 bits per heavy atom. The van der Waals surface area contributed by atoms with Crippen LogP contribution in [-0.4, -0.2) is 42.0 Å². The summed E-state index contributed by atoms with van der Waals surface area (Å²) in [5.41, 5.74) is 3.87.